The maximum atomic E-state index is 12.1. The third kappa shape index (κ3) is 8.52. The molecule has 0 spiro atoms. The zero-order chi connectivity index (χ0) is 18.0. The van der Waals surface area contributed by atoms with Crippen LogP contribution < -0.4 is 5.32 Å². The van der Waals surface area contributed by atoms with Gasteiger partial charge in [-0.25, -0.2) is 8.42 Å². The van der Waals surface area contributed by atoms with Crippen molar-refractivity contribution in [2.75, 3.05) is 12.3 Å². The molecule has 0 saturated heterocycles. The molecule has 1 fully saturated rings. The molecule has 0 atom stereocenters. The molecule has 4 nitrogen and oxygen atoms in total. The number of carbonyl (C=O) groups excluding carboxylic acids is 1. The van der Waals surface area contributed by atoms with Crippen LogP contribution >= 0.6 is 0 Å². The fraction of sp³-hybridized carbons (Fsp3) is 0.650. The lowest BCUT2D eigenvalue weighted by molar-refractivity contribution is -0.121. The molecule has 0 radical (unpaired) electrons. The van der Waals surface area contributed by atoms with Crippen molar-refractivity contribution in [2.45, 2.75) is 63.5 Å². The number of carbonyl (C=O) groups is 1. The second kappa shape index (κ2) is 10.6. The molecular formula is C20H31NO3S. The Morgan fingerprint density at radius 3 is 2.48 bits per heavy atom. The Labute approximate surface area is 152 Å². The van der Waals surface area contributed by atoms with E-state index in [1.165, 1.54) is 32.1 Å². The number of benzene rings is 1. The molecule has 0 heterocycles. The van der Waals surface area contributed by atoms with E-state index in [1.807, 2.05) is 30.3 Å². The Morgan fingerprint density at radius 1 is 1.04 bits per heavy atom. The van der Waals surface area contributed by atoms with E-state index in [9.17, 15) is 13.2 Å². The van der Waals surface area contributed by atoms with E-state index >= 15 is 0 Å². The summed E-state index contributed by atoms with van der Waals surface area (Å²) in [7, 11) is -3.12. The van der Waals surface area contributed by atoms with E-state index in [2.05, 4.69) is 5.32 Å². The third-order valence-electron chi connectivity index (χ3n) is 4.92. The van der Waals surface area contributed by atoms with Gasteiger partial charge in [0.1, 0.15) is 0 Å². The van der Waals surface area contributed by atoms with Crippen LogP contribution in [0, 0.1) is 5.92 Å². The van der Waals surface area contributed by atoms with Crippen LogP contribution in [0.4, 0.5) is 0 Å². The first-order chi connectivity index (χ1) is 12.1. The van der Waals surface area contributed by atoms with E-state index in [1.54, 1.807) is 0 Å². The number of rotatable bonds is 10. The van der Waals surface area contributed by atoms with E-state index in [4.69, 9.17) is 0 Å². The highest BCUT2D eigenvalue weighted by Crippen LogP contribution is 2.27. The monoisotopic (exact) mass is 365 g/mol. The van der Waals surface area contributed by atoms with Gasteiger partial charge in [-0.1, -0.05) is 62.4 Å². The Kier molecular flexibility index (Phi) is 8.45. The number of nitrogens with one attached hydrogen (secondary N) is 1. The summed E-state index contributed by atoms with van der Waals surface area (Å²) in [6.07, 6.45) is 9.83. The fourth-order valence-electron chi connectivity index (χ4n) is 3.54. The Bertz CT molecular complexity index is 607. The average molecular weight is 366 g/mol. The Hall–Kier alpha value is -1.36. The molecule has 1 N–H and O–H groups in total. The summed E-state index contributed by atoms with van der Waals surface area (Å²) in [4.78, 5) is 11.8. The van der Waals surface area contributed by atoms with Crippen LogP contribution in [0.2, 0.25) is 0 Å². The van der Waals surface area contributed by atoms with Crippen LogP contribution in [0.3, 0.4) is 0 Å². The summed E-state index contributed by atoms with van der Waals surface area (Å²) < 4.78 is 24.2. The van der Waals surface area contributed by atoms with Crippen molar-refractivity contribution in [3.8, 4) is 0 Å². The molecule has 25 heavy (non-hydrogen) atoms. The molecule has 0 bridgehead atoms. The van der Waals surface area contributed by atoms with E-state index in [-0.39, 0.29) is 17.4 Å². The topological polar surface area (TPSA) is 63.2 Å². The van der Waals surface area contributed by atoms with Crippen LogP contribution in [-0.4, -0.2) is 26.6 Å². The van der Waals surface area contributed by atoms with Gasteiger partial charge >= 0.3 is 0 Å². The first kappa shape index (κ1) is 20.0. The summed E-state index contributed by atoms with van der Waals surface area (Å²) in [6.45, 7) is 0.441. The van der Waals surface area contributed by atoms with E-state index in [0.29, 0.717) is 19.4 Å². The van der Waals surface area contributed by atoms with Gasteiger partial charge in [0.2, 0.25) is 5.91 Å². The smallest absolute Gasteiger partial charge is 0.219 e. The molecule has 1 aromatic carbocycles. The molecule has 0 aromatic heterocycles. The van der Waals surface area contributed by atoms with Crippen molar-refractivity contribution >= 4 is 15.7 Å². The lowest BCUT2D eigenvalue weighted by atomic mass is 9.86. The van der Waals surface area contributed by atoms with Gasteiger partial charge in [0.15, 0.2) is 9.84 Å². The van der Waals surface area contributed by atoms with Crippen molar-refractivity contribution in [3.05, 3.63) is 35.9 Å². The molecule has 1 amide bonds. The molecule has 1 saturated carbocycles. The average Bonchev–Trinajstić information content (AvgIpc) is 2.60. The highest BCUT2D eigenvalue weighted by molar-refractivity contribution is 7.90. The SMILES string of the molecule is O=C(CCCC1CCCCC1)NCCCS(=O)(=O)Cc1ccccc1. The van der Waals surface area contributed by atoms with Crippen molar-refractivity contribution in [1.29, 1.82) is 0 Å². The second-order valence-electron chi connectivity index (χ2n) is 7.18. The lowest BCUT2D eigenvalue weighted by Crippen LogP contribution is -2.26. The largest absolute Gasteiger partial charge is 0.356 e. The minimum absolute atomic E-state index is 0.0521. The highest BCUT2D eigenvalue weighted by Gasteiger charge is 2.14. The summed E-state index contributed by atoms with van der Waals surface area (Å²) in [6, 6.07) is 9.22. The van der Waals surface area contributed by atoms with Gasteiger partial charge in [-0.15, -0.1) is 0 Å². The molecule has 2 rings (SSSR count). The summed E-state index contributed by atoms with van der Waals surface area (Å²) in [5.74, 6) is 1.05. The van der Waals surface area contributed by atoms with Gasteiger partial charge in [0, 0.05) is 13.0 Å². The third-order valence-corrected chi connectivity index (χ3v) is 6.61. The number of hydrogen-bond acceptors (Lipinski definition) is 3. The Balaban J connectivity index is 1.54. The molecule has 0 aliphatic heterocycles. The zero-order valence-corrected chi connectivity index (χ0v) is 15.9. The zero-order valence-electron chi connectivity index (χ0n) is 15.1. The van der Waals surface area contributed by atoms with Gasteiger partial charge in [-0.2, -0.15) is 0 Å². The minimum atomic E-state index is -3.12. The first-order valence-corrected chi connectivity index (χ1v) is 11.4. The van der Waals surface area contributed by atoms with Gasteiger partial charge in [0.05, 0.1) is 11.5 Å². The molecule has 1 aliphatic carbocycles. The van der Waals surface area contributed by atoms with Crippen molar-refractivity contribution in [3.63, 3.8) is 0 Å². The summed E-state index contributed by atoms with van der Waals surface area (Å²) >= 11 is 0. The van der Waals surface area contributed by atoms with Gasteiger partial charge in [-0.05, 0) is 30.7 Å². The molecule has 5 heteroatoms. The molecule has 0 unspecified atom stereocenters. The normalized spacial score (nSPS) is 15.8. The molecule has 1 aliphatic rings. The number of hydrogen-bond donors (Lipinski definition) is 1. The predicted molar refractivity (Wildman–Crippen MR) is 102 cm³/mol. The quantitative estimate of drug-likeness (QED) is 0.640. The van der Waals surface area contributed by atoms with Crippen molar-refractivity contribution in [2.24, 2.45) is 5.92 Å². The van der Waals surface area contributed by atoms with E-state index < -0.39 is 9.84 Å². The standard InChI is InChI=1S/C20H31NO3S/c22-20(14-7-13-18-9-3-1-4-10-18)21-15-8-16-25(23,24)17-19-11-5-2-6-12-19/h2,5-6,11-12,18H,1,3-4,7-10,13-17H2,(H,21,22). The van der Waals surface area contributed by atoms with Crippen LogP contribution in [-0.2, 0) is 20.4 Å². The fourth-order valence-corrected chi connectivity index (χ4v) is 4.96. The maximum absolute atomic E-state index is 12.1. The van der Waals surface area contributed by atoms with Crippen LogP contribution in [0.15, 0.2) is 30.3 Å². The minimum Gasteiger partial charge on any atom is -0.356 e. The molecule has 1 aromatic rings. The van der Waals surface area contributed by atoms with Crippen molar-refractivity contribution < 1.29 is 13.2 Å². The van der Waals surface area contributed by atoms with E-state index in [0.717, 1.165) is 24.3 Å². The predicted octanol–water partition coefficient (Wildman–Crippen LogP) is 3.86. The van der Waals surface area contributed by atoms with Crippen molar-refractivity contribution in [1.82, 2.24) is 5.32 Å². The van der Waals surface area contributed by atoms with Gasteiger partial charge in [-0.3, -0.25) is 4.79 Å². The van der Waals surface area contributed by atoms with Crippen LogP contribution in [0.25, 0.3) is 0 Å². The number of sulfone groups is 1. The summed E-state index contributed by atoms with van der Waals surface area (Å²) in [5, 5.41) is 2.85. The lowest BCUT2D eigenvalue weighted by Gasteiger charge is -2.21. The van der Waals surface area contributed by atoms with Crippen LogP contribution in [0.5, 0.6) is 0 Å². The maximum Gasteiger partial charge on any atom is 0.219 e. The second-order valence-corrected chi connectivity index (χ2v) is 9.36. The van der Waals surface area contributed by atoms with Gasteiger partial charge < -0.3 is 5.32 Å². The van der Waals surface area contributed by atoms with Crippen LogP contribution in [0.1, 0.15) is 63.4 Å². The van der Waals surface area contributed by atoms with Gasteiger partial charge in [0.25, 0.3) is 0 Å². The molecular weight excluding hydrogens is 334 g/mol. The molecule has 140 valence electrons. The first-order valence-electron chi connectivity index (χ1n) is 9.56. The summed E-state index contributed by atoms with van der Waals surface area (Å²) in [5.41, 5.74) is 0.814. The highest BCUT2D eigenvalue weighted by atomic mass is 32.2. The number of amides is 1. The Morgan fingerprint density at radius 2 is 1.76 bits per heavy atom.